The van der Waals surface area contributed by atoms with Crippen molar-refractivity contribution in [2.75, 3.05) is 11.5 Å². The summed E-state index contributed by atoms with van der Waals surface area (Å²) < 4.78 is 0. The predicted octanol–water partition coefficient (Wildman–Crippen LogP) is 4.67. The molecule has 1 aliphatic rings. The summed E-state index contributed by atoms with van der Waals surface area (Å²) in [7, 11) is 0. The lowest BCUT2D eigenvalue weighted by molar-refractivity contribution is 0.395. The van der Waals surface area contributed by atoms with Crippen LogP contribution in [0.25, 0.3) is 0 Å². The van der Waals surface area contributed by atoms with Gasteiger partial charge in [-0.3, -0.25) is 0 Å². The molecule has 0 saturated carbocycles. The van der Waals surface area contributed by atoms with Crippen molar-refractivity contribution in [3.8, 4) is 0 Å². The van der Waals surface area contributed by atoms with Gasteiger partial charge in [0.15, 0.2) is 0 Å². The number of rotatable bonds is 5. The maximum Gasteiger partial charge on any atom is 0.0406 e. The summed E-state index contributed by atoms with van der Waals surface area (Å²) >= 11 is 8.04. The molecule has 0 radical (unpaired) electrons. The lowest BCUT2D eigenvalue weighted by atomic mass is 10.00. The zero-order valence-corrected chi connectivity index (χ0v) is 12.6. The van der Waals surface area contributed by atoms with Crippen molar-refractivity contribution >= 4 is 23.4 Å². The Morgan fingerprint density at radius 2 is 1.94 bits per heavy atom. The number of nitrogens with one attached hydrogen (secondary N) is 1. The van der Waals surface area contributed by atoms with Gasteiger partial charge in [-0.2, -0.15) is 11.8 Å². The molecule has 0 amide bonds. The number of halogens is 1. The second-order valence-electron chi connectivity index (χ2n) is 4.95. The van der Waals surface area contributed by atoms with Crippen LogP contribution < -0.4 is 5.32 Å². The van der Waals surface area contributed by atoms with Crippen LogP contribution in [-0.2, 0) is 0 Å². The molecule has 0 aliphatic carbocycles. The molecule has 18 heavy (non-hydrogen) atoms. The molecular formula is C15H22ClNS. The summed E-state index contributed by atoms with van der Waals surface area (Å²) in [6, 6.07) is 9.50. The first kappa shape index (κ1) is 14.2. The Morgan fingerprint density at radius 1 is 1.28 bits per heavy atom. The van der Waals surface area contributed by atoms with Gasteiger partial charge < -0.3 is 5.32 Å². The summed E-state index contributed by atoms with van der Waals surface area (Å²) in [5, 5.41) is 4.66. The van der Waals surface area contributed by atoms with Gasteiger partial charge in [0, 0.05) is 17.1 Å². The topological polar surface area (TPSA) is 12.0 Å². The maximum atomic E-state index is 5.96. The van der Waals surface area contributed by atoms with Gasteiger partial charge in [-0.1, -0.05) is 37.1 Å². The monoisotopic (exact) mass is 283 g/mol. The Bertz CT molecular complexity index is 346. The first-order chi connectivity index (χ1) is 8.79. The number of thioether (sulfide) groups is 1. The van der Waals surface area contributed by atoms with E-state index in [-0.39, 0.29) is 0 Å². The number of hydrogen-bond donors (Lipinski definition) is 1. The van der Waals surface area contributed by atoms with Crippen LogP contribution in [-0.4, -0.2) is 17.5 Å². The van der Waals surface area contributed by atoms with E-state index in [2.05, 4.69) is 36.1 Å². The molecule has 1 aliphatic heterocycles. The molecule has 1 aromatic carbocycles. The number of hydrogen-bond acceptors (Lipinski definition) is 2. The molecule has 1 fully saturated rings. The molecule has 0 aromatic heterocycles. The molecule has 3 heteroatoms. The van der Waals surface area contributed by atoms with Gasteiger partial charge in [0.2, 0.25) is 0 Å². The second kappa shape index (κ2) is 7.42. The van der Waals surface area contributed by atoms with Crippen LogP contribution in [0.3, 0.4) is 0 Å². The summed E-state index contributed by atoms with van der Waals surface area (Å²) in [5.41, 5.74) is 1.37. The van der Waals surface area contributed by atoms with Crippen LogP contribution in [0.5, 0.6) is 0 Å². The van der Waals surface area contributed by atoms with Gasteiger partial charge >= 0.3 is 0 Å². The minimum atomic E-state index is 0.486. The molecule has 0 bridgehead atoms. The van der Waals surface area contributed by atoms with Crippen molar-refractivity contribution in [1.82, 2.24) is 5.32 Å². The third-order valence-corrected chi connectivity index (χ3v) is 4.81. The highest BCUT2D eigenvalue weighted by Gasteiger charge is 2.18. The van der Waals surface area contributed by atoms with Gasteiger partial charge in [0.1, 0.15) is 0 Å². The minimum Gasteiger partial charge on any atom is -0.307 e. The summed E-state index contributed by atoms with van der Waals surface area (Å²) in [5.74, 6) is 2.61. The van der Waals surface area contributed by atoms with Crippen molar-refractivity contribution < 1.29 is 0 Å². The zero-order chi connectivity index (χ0) is 12.8. The Kier molecular flexibility index (Phi) is 5.87. The van der Waals surface area contributed by atoms with Crippen molar-refractivity contribution in [2.45, 2.75) is 44.7 Å². The van der Waals surface area contributed by atoms with Crippen LogP contribution in [0.1, 0.15) is 44.2 Å². The Balaban J connectivity index is 2.00. The van der Waals surface area contributed by atoms with E-state index in [0.29, 0.717) is 12.1 Å². The Morgan fingerprint density at radius 3 is 2.56 bits per heavy atom. The maximum absolute atomic E-state index is 5.96. The highest BCUT2D eigenvalue weighted by molar-refractivity contribution is 7.99. The third kappa shape index (κ3) is 4.18. The first-order valence-electron chi connectivity index (χ1n) is 6.89. The molecule has 0 spiro atoms. The lowest BCUT2D eigenvalue weighted by Gasteiger charge is -2.28. The average Bonchev–Trinajstić information content (AvgIpc) is 2.40. The fourth-order valence-corrected chi connectivity index (χ4v) is 3.71. The highest BCUT2D eigenvalue weighted by Crippen LogP contribution is 2.24. The molecule has 100 valence electrons. The van der Waals surface area contributed by atoms with E-state index >= 15 is 0 Å². The van der Waals surface area contributed by atoms with Crippen LogP contribution in [0.15, 0.2) is 24.3 Å². The van der Waals surface area contributed by atoms with E-state index < -0.39 is 0 Å². The van der Waals surface area contributed by atoms with Gasteiger partial charge in [0.05, 0.1) is 0 Å². The zero-order valence-electron chi connectivity index (χ0n) is 11.0. The van der Waals surface area contributed by atoms with Gasteiger partial charge in [-0.05, 0) is 48.5 Å². The van der Waals surface area contributed by atoms with Crippen molar-refractivity contribution in [3.63, 3.8) is 0 Å². The molecule has 1 aromatic rings. The first-order valence-corrected chi connectivity index (χ1v) is 8.42. The standard InChI is InChI=1S/C15H22ClNS/c1-2-3-15(12-4-6-13(16)7-5-12)17-14-8-10-18-11-9-14/h4-7,14-15,17H,2-3,8-11H2,1H3. The molecule has 1 N–H and O–H groups in total. The molecule has 1 heterocycles. The van der Waals surface area contributed by atoms with E-state index in [0.717, 1.165) is 5.02 Å². The quantitative estimate of drug-likeness (QED) is 0.843. The van der Waals surface area contributed by atoms with E-state index in [1.54, 1.807) is 0 Å². The van der Waals surface area contributed by atoms with E-state index in [4.69, 9.17) is 11.6 Å². The largest absolute Gasteiger partial charge is 0.307 e. The summed E-state index contributed by atoms with van der Waals surface area (Å²) in [6.07, 6.45) is 5.02. The highest BCUT2D eigenvalue weighted by atomic mass is 35.5. The normalized spacial score (nSPS) is 18.8. The van der Waals surface area contributed by atoms with E-state index in [1.807, 2.05) is 12.1 Å². The third-order valence-electron chi connectivity index (χ3n) is 3.51. The summed E-state index contributed by atoms with van der Waals surface area (Å²) in [6.45, 7) is 2.25. The fraction of sp³-hybridized carbons (Fsp3) is 0.600. The number of benzene rings is 1. The van der Waals surface area contributed by atoms with Gasteiger partial charge in [-0.15, -0.1) is 0 Å². The summed E-state index contributed by atoms with van der Waals surface area (Å²) in [4.78, 5) is 0. The van der Waals surface area contributed by atoms with E-state index in [1.165, 1.54) is 42.8 Å². The van der Waals surface area contributed by atoms with E-state index in [9.17, 15) is 0 Å². The van der Waals surface area contributed by atoms with Crippen molar-refractivity contribution in [2.24, 2.45) is 0 Å². The fourth-order valence-electron chi connectivity index (χ4n) is 2.48. The van der Waals surface area contributed by atoms with Crippen LogP contribution >= 0.6 is 23.4 Å². The molecule has 2 rings (SSSR count). The van der Waals surface area contributed by atoms with Gasteiger partial charge in [-0.25, -0.2) is 0 Å². The lowest BCUT2D eigenvalue weighted by Crippen LogP contribution is -2.35. The Hall–Kier alpha value is -0.180. The predicted molar refractivity (Wildman–Crippen MR) is 82.6 cm³/mol. The molecule has 1 nitrogen and oxygen atoms in total. The van der Waals surface area contributed by atoms with Crippen LogP contribution in [0.4, 0.5) is 0 Å². The van der Waals surface area contributed by atoms with Crippen LogP contribution in [0.2, 0.25) is 5.02 Å². The molecule has 1 saturated heterocycles. The minimum absolute atomic E-state index is 0.486. The average molecular weight is 284 g/mol. The Labute approximate surface area is 120 Å². The van der Waals surface area contributed by atoms with Crippen molar-refractivity contribution in [1.29, 1.82) is 0 Å². The second-order valence-corrected chi connectivity index (χ2v) is 6.61. The SMILES string of the molecule is CCCC(NC1CCSCC1)c1ccc(Cl)cc1. The molecule has 1 unspecified atom stereocenters. The van der Waals surface area contributed by atoms with Crippen molar-refractivity contribution in [3.05, 3.63) is 34.9 Å². The molecule has 1 atom stereocenters. The van der Waals surface area contributed by atoms with Crippen LogP contribution in [0, 0.1) is 0 Å². The molecular weight excluding hydrogens is 262 g/mol. The van der Waals surface area contributed by atoms with Gasteiger partial charge in [0.25, 0.3) is 0 Å². The smallest absolute Gasteiger partial charge is 0.0406 e.